The lowest BCUT2D eigenvalue weighted by Crippen LogP contribution is -2.43. The number of rotatable bonds is 4. The topological polar surface area (TPSA) is 92.9 Å². The highest BCUT2D eigenvalue weighted by Gasteiger charge is 2.27. The van der Waals surface area contributed by atoms with E-state index in [1.54, 1.807) is 0 Å². The number of carboxylic acids is 1. The normalized spacial score (nSPS) is 18.6. The lowest BCUT2D eigenvalue weighted by atomic mass is 10.1. The third kappa shape index (κ3) is 3.25. The molecule has 0 aromatic heterocycles. The molecule has 1 atom stereocenters. The third-order valence-electron chi connectivity index (χ3n) is 3.40. The zero-order chi connectivity index (χ0) is 15.6. The number of benzene rings is 1. The molecule has 0 aliphatic carbocycles. The van der Waals surface area contributed by atoms with Crippen molar-refractivity contribution in [2.45, 2.75) is 19.4 Å². The quantitative estimate of drug-likeness (QED) is 0.678. The molecule has 1 heterocycles. The number of carboxylic acid groups (broad SMARTS) is 1. The van der Waals surface area contributed by atoms with Gasteiger partial charge in [0.25, 0.3) is 5.69 Å². The molecule has 0 bridgehead atoms. The molecule has 1 aromatic rings. The van der Waals surface area contributed by atoms with Gasteiger partial charge in [0.05, 0.1) is 33.9 Å². The smallest absolute Gasteiger partial charge is 0.338 e. The Balaban J connectivity index is 2.46. The number of anilines is 1. The Morgan fingerprint density at radius 3 is 2.90 bits per heavy atom. The fourth-order valence-corrected chi connectivity index (χ4v) is 2.68. The van der Waals surface area contributed by atoms with E-state index in [2.05, 4.69) is 0 Å². The summed E-state index contributed by atoms with van der Waals surface area (Å²) in [6.45, 7) is 3.44. The molecule has 1 aliphatic rings. The van der Waals surface area contributed by atoms with Crippen molar-refractivity contribution < 1.29 is 19.6 Å². The van der Waals surface area contributed by atoms with Gasteiger partial charge in [0.1, 0.15) is 0 Å². The van der Waals surface area contributed by atoms with Crippen molar-refractivity contribution in [2.24, 2.45) is 0 Å². The van der Waals surface area contributed by atoms with Gasteiger partial charge in [-0.15, -0.1) is 0 Å². The van der Waals surface area contributed by atoms with Gasteiger partial charge < -0.3 is 14.7 Å². The van der Waals surface area contributed by atoms with Crippen LogP contribution in [0.15, 0.2) is 12.1 Å². The standard InChI is InChI=1S/C13H15ClN2O5/c1-2-9-7-15(3-4-21-9)12-10(13(17)18)5-8(16(19)20)6-11(12)14/h5-6,9H,2-4,7H2,1H3,(H,17,18). The minimum Gasteiger partial charge on any atom is -0.478 e. The number of carbonyl (C=O) groups is 1. The molecule has 1 N–H and O–H groups in total. The monoisotopic (exact) mass is 314 g/mol. The molecule has 0 radical (unpaired) electrons. The molecule has 1 aliphatic heterocycles. The predicted octanol–water partition coefficient (Wildman–Crippen LogP) is 2.56. The van der Waals surface area contributed by atoms with Gasteiger partial charge in [-0.05, 0) is 6.42 Å². The second kappa shape index (κ2) is 6.28. The van der Waals surface area contributed by atoms with E-state index in [0.717, 1.165) is 12.5 Å². The van der Waals surface area contributed by atoms with Crippen molar-refractivity contribution in [1.29, 1.82) is 0 Å². The average molecular weight is 315 g/mol. The molecule has 1 unspecified atom stereocenters. The van der Waals surface area contributed by atoms with Gasteiger partial charge in [-0.1, -0.05) is 18.5 Å². The maximum Gasteiger partial charge on any atom is 0.338 e. The largest absolute Gasteiger partial charge is 0.478 e. The Morgan fingerprint density at radius 1 is 1.62 bits per heavy atom. The highest BCUT2D eigenvalue weighted by molar-refractivity contribution is 6.34. The van der Waals surface area contributed by atoms with Crippen LogP contribution in [0.3, 0.4) is 0 Å². The first-order valence-corrected chi connectivity index (χ1v) is 6.89. The van der Waals surface area contributed by atoms with Crippen LogP contribution in [0.5, 0.6) is 0 Å². The predicted molar refractivity (Wildman–Crippen MR) is 77.3 cm³/mol. The maximum atomic E-state index is 11.4. The minimum atomic E-state index is -1.24. The molecular weight excluding hydrogens is 300 g/mol. The number of aromatic carboxylic acids is 1. The highest BCUT2D eigenvalue weighted by Crippen LogP contribution is 2.35. The lowest BCUT2D eigenvalue weighted by Gasteiger charge is -2.35. The number of ether oxygens (including phenoxy) is 1. The molecule has 1 aromatic carbocycles. The summed E-state index contributed by atoms with van der Waals surface area (Å²) in [6, 6.07) is 2.22. The van der Waals surface area contributed by atoms with E-state index in [1.807, 2.05) is 11.8 Å². The number of nitro groups is 1. The van der Waals surface area contributed by atoms with Crippen LogP contribution >= 0.6 is 11.6 Å². The molecule has 0 amide bonds. The van der Waals surface area contributed by atoms with Crippen molar-refractivity contribution in [3.63, 3.8) is 0 Å². The van der Waals surface area contributed by atoms with E-state index in [0.29, 0.717) is 25.4 Å². The molecule has 7 nitrogen and oxygen atoms in total. The van der Waals surface area contributed by atoms with Crippen LogP contribution < -0.4 is 4.90 Å². The van der Waals surface area contributed by atoms with Gasteiger partial charge in [-0.2, -0.15) is 0 Å². The van der Waals surface area contributed by atoms with Gasteiger partial charge in [-0.3, -0.25) is 10.1 Å². The zero-order valence-corrected chi connectivity index (χ0v) is 12.2. The van der Waals surface area contributed by atoms with Crippen LogP contribution in [0.25, 0.3) is 0 Å². The van der Waals surface area contributed by atoms with Crippen molar-refractivity contribution in [1.82, 2.24) is 0 Å². The Bertz CT molecular complexity index is 578. The Morgan fingerprint density at radius 2 is 2.33 bits per heavy atom. The molecular formula is C13H15ClN2O5. The number of halogens is 1. The number of morpholine rings is 1. The summed E-state index contributed by atoms with van der Waals surface area (Å²) in [5, 5.41) is 20.2. The van der Waals surface area contributed by atoms with E-state index in [9.17, 15) is 20.0 Å². The minimum absolute atomic E-state index is 0.00773. The molecule has 0 saturated carbocycles. The average Bonchev–Trinajstić information content (AvgIpc) is 2.46. The van der Waals surface area contributed by atoms with Gasteiger partial charge in [0, 0.05) is 25.2 Å². The number of nitro benzene ring substituents is 1. The van der Waals surface area contributed by atoms with Crippen molar-refractivity contribution >= 4 is 28.9 Å². The summed E-state index contributed by atoms with van der Waals surface area (Å²) in [4.78, 5) is 23.4. The molecule has 2 rings (SSSR count). The Labute approximate surface area is 126 Å². The van der Waals surface area contributed by atoms with Gasteiger partial charge in [0.2, 0.25) is 0 Å². The Kier molecular flexibility index (Phi) is 4.64. The molecule has 114 valence electrons. The summed E-state index contributed by atoms with van der Waals surface area (Å²) in [7, 11) is 0. The fourth-order valence-electron chi connectivity index (χ4n) is 2.34. The fraction of sp³-hybridized carbons (Fsp3) is 0.462. The van der Waals surface area contributed by atoms with Crippen LogP contribution in [-0.4, -0.2) is 41.8 Å². The van der Waals surface area contributed by atoms with Crippen molar-refractivity contribution in [3.8, 4) is 0 Å². The van der Waals surface area contributed by atoms with E-state index in [4.69, 9.17) is 16.3 Å². The first-order chi connectivity index (χ1) is 9.93. The number of nitrogens with zero attached hydrogens (tertiary/aromatic N) is 2. The van der Waals surface area contributed by atoms with Gasteiger partial charge in [0.15, 0.2) is 0 Å². The summed E-state index contributed by atoms with van der Waals surface area (Å²) < 4.78 is 5.54. The lowest BCUT2D eigenvalue weighted by molar-refractivity contribution is -0.384. The Hall–Kier alpha value is -1.86. The zero-order valence-electron chi connectivity index (χ0n) is 11.4. The molecule has 1 saturated heterocycles. The number of hydrogen-bond acceptors (Lipinski definition) is 5. The molecule has 0 spiro atoms. The van der Waals surface area contributed by atoms with E-state index >= 15 is 0 Å². The molecule has 21 heavy (non-hydrogen) atoms. The summed E-state index contributed by atoms with van der Waals surface area (Å²) in [5.41, 5.74) is -0.177. The first-order valence-electron chi connectivity index (χ1n) is 6.51. The van der Waals surface area contributed by atoms with Crippen LogP contribution in [-0.2, 0) is 4.74 Å². The van der Waals surface area contributed by atoms with E-state index in [-0.39, 0.29) is 22.4 Å². The first kappa shape index (κ1) is 15.5. The van der Waals surface area contributed by atoms with Crippen LogP contribution in [0.4, 0.5) is 11.4 Å². The van der Waals surface area contributed by atoms with Gasteiger partial charge in [-0.25, -0.2) is 4.79 Å². The van der Waals surface area contributed by atoms with Crippen LogP contribution in [0, 0.1) is 10.1 Å². The highest BCUT2D eigenvalue weighted by atomic mass is 35.5. The van der Waals surface area contributed by atoms with Crippen LogP contribution in [0.1, 0.15) is 23.7 Å². The number of hydrogen-bond donors (Lipinski definition) is 1. The second-order valence-electron chi connectivity index (χ2n) is 4.73. The molecule has 8 heteroatoms. The van der Waals surface area contributed by atoms with Gasteiger partial charge >= 0.3 is 5.97 Å². The van der Waals surface area contributed by atoms with E-state index < -0.39 is 10.9 Å². The second-order valence-corrected chi connectivity index (χ2v) is 5.14. The summed E-state index contributed by atoms with van der Waals surface area (Å²) >= 11 is 6.10. The summed E-state index contributed by atoms with van der Waals surface area (Å²) in [5.74, 6) is -1.24. The molecule has 1 fully saturated rings. The van der Waals surface area contributed by atoms with Crippen molar-refractivity contribution in [2.75, 3.05) is 24.6 Å². The maximum absolute atomic E-state index is 11.4. The van der Waals surface area contributed by atoms with E-state index in [1.165, 1.54) is 6.07 Å². The summed E-state index contributed by atoms with van der Waals surface area (Å²) in [6.07, 6.45) is 0.787. The third-order valence-corrected chi connectivity index (χ3v) is 3.69. The van der Waals surface area contributed by atoms with Crippen molar-refractivity contribution in [3.05, 3.63) is 32.8 Å². The van der Waals surface area contributed by atoms with Crippen LogP contribution in [0.2, 0.25) is 5.02 Å². The SMILES string of the molecule is CCC1CN(c2c(Cl)cc([N+](=O)[O-])cc2C(=O)O)CCO1. The number of non-ortho nitro benzene ring substituents is 1.